The van der Waals surface area contributed by atoms with Crippen molar-refractivity contribution in [2.75, 3.05) is 0 Å². The van der Waals surface area contributed by atoms with Crippen LogP contribution in [0, 0.1) is 0 Å². The number of unbranched alkanes of at least 4 members (excludes halogenated alkanes) is 2. The van der Waals surface area contributed by atoms with Gasteiger partial charge in [-0.1, -0.05) is 19.4 Å². The van der Waals surface area contributed by atoms with Crippen LogP contribution < -0.4 is 0 Å². The molecule has 0 fully saturated rings. The standard InChI is InChI=1S/C13H16O4/c1-2-3-4-8-11(14)9-6-5-7-10(12(9)15)13(16)17/h5-8,14-15H,2-4H2,1H3,(H,16,17)/b11-8-. The van der Waals surface area contributed by atoms with Crippen LogP contribution in [0.25, 0.3) is 5.76 Å². The number of carbonyl (C=O) groups is 1. The van der Waals surface area contributed by atoms with E-state index in [0.29, 0.717) is 6.42 Å². The molecule has 0 unspecified atom stereocenters. The largest absolute Gasteiger partial charge is 0.508 e. The van der Waals surface area contributed by atoms with Gasteiger partial charge in [-0.25, -0.2) is 4.79 Å². The third kappa shape index (κ3) is 3.24. The number of hydrogen-bond donors (Lipinski definition) is 3. The molecule has 4 heteroatoms. The number of allylic oxidation sites excluding steroid dienone is 1. The first kappa shape index (κ1) is 13.1. The van der Waals surface area contributed by atoms with Gasteiger partial charge in [0.25, 0.3) is 0 Å². The Morgan fingerprint density at radius 3 is 2.53 bits per heavy atom. The fraction of sp³-hybridized carbons (Fsp3) is 0.308. The first-order valence-electron chi connectivity index (χ1n) is 5.52. The molecule has 0 aromatic heterocycles. The summed E-state index contributed by atoms with van der Waals surface area (Å²) in [6, 6.07) is 4.27. The molecule has 0 bridgehead atoms. The number of aromatic carboxylic acids is 1. The van der Waals surface area contributed by atoms with Crippen LogP contribution >= 0.6 is 0 Å². The highest BCUT2D eigenvalue weighted by Crippen LogP contribution is 2.27. The number of phenols is 1. The number of hydrogen-bond acceptors (Lipinski definition) is 3. The van der Waals surface area contributed by atoms with Gasteiger partial charge in [-0.3, -0.25) is 0 Å². The van der Waals surface area contributed by atoms with E-state index in [1.807, 2.05) is 6.92 Å². The van der Waals surface area contributed by atoms with Crippen molar-refractivity contribution < 1.29 is 20.1 Å². The van der Waals surface area contributed by atoms with Crippen LogP contribution in [0.4, 0.5) is 0 Å². The van der Waals surface area contributed by atoms with E-state index in [9.17, 15) is 15.0 Å². The summed E-state index contributed by atoms with van der Waals surface area (Å²) in [6.45, 7) is 2.04. The molecule has 0 saturated heterocycles. The van der Waals surface area contributed by atoms with Crippen LogP contribution in [0.1, 0.15) is 42.1 Å². The van der Waals surface area contributed by atoms with E-state index in [4.69, 9.17) is 5.11 Å². The van der Waals surface area contributed by atoms with E-state index >= 15 is 0 Å². The van der Waals surface area contributed by atoms with Crippen LogP contribution in [0.3, 0.4) is 0 Å². The van der Waals surface area contributed by atoms with Crippen molar-refractivity contribution in [3.63, 3.8) is 0 Å². The molecule has 0 saturated carbocycles. The number of carboxylic acids is 1. The lowest BCUT2D eigenvalue weighted by Gasteiger charge is -2.06. The van der Waals surface area contributed by atoms with E-state index in [0.717, 1.165) is 12.8 Å². The maximum absolute atomic E-state index is 10.8. The second kappa shape index (κ2) is 5.94. The molecule has 1 aromatic carbocycles. The van der Waals surface area contributed by atoms with Crippen molar-refractivity contribution in [2.24, 2.45) is 0 Å². The molecule has 17 heavy (non-hydrogen) atoms. The minimum absolute atomic E-state index is 0.0842. The Labute approximate surface area is 99.8 Å². The lowest BCUT2D eigenvalue weighted by molar-refractivity contribution is 0.0693. The second-order valence-corrected chi connectivity index (χ2v) is 3.74. The van der Waals surface area contributed by atoms with E-state index < -0.39 is 11.7 Å². The molecule has 3 N–H and O–H groups in total. The van der Waals surface area contributed by atoms with Crippen molar-refractivity contribution in [1.82, 2.24) is 0 Å². The summed E-state index contributed by atoms with van der Waals surface area (Å²) in [5.74, 6) is -1.70. The van der Waals surface area contributed by atoms with E-state index in [2.05, 4.69) is 0 Å². The molecule has 0 spiro atoms. The molecule has 0 amide bonds. The molecule has 0 heterocycles. The molecule has 0 aliphatic rings. The van der Waals surface area contributed by atoms with Gasteiger partial charge < -0.3 is 15.3 Å². The summed E-state index contributed by atoms with van der Waals surface area (Å²) < 4.78 is 0. The minimum atomic E-state index is -1.22. The van der Waals surface area contributed by atoms with Crippen molar-refractivity contribution in [3.8, 4) is 5.75 Å². The molecule has 0 atom stereocenters. The molecule has 92 valence electrons. The van der Waals surface area contributed by atoms with Crippen molar-refractivity contribution in [1.29, 1.82) is 0 Å². The third-order valence-electron chi connectivity index (χ3n) is 2.44. The predicted molar refractivity (Wildman–Crippen MR) is 65.2 cm³/mol. The van der Waals surface area contributed by atoms with Gasteiger partial charge in [-0.05, 0) is 31.1 Å². The molecule has 1 aromatic rings. The van der Waals surface area contributed by atoms with Crippen molar-refractivity contribution in [3.05, 3.63) is 35.4 Å². The Balaban J connectivity index is 3.02. The summed E-state index contributed by atoms with van der Waals surface area (Å²) in [6.07, 6.45) is 4.22. The number of rotatable bonds is 5. The van der Waals surface area contributed by atoms with Gasteiger partial charge in [0.1, 0.15) is 17.1 Å². The van der Waals surface area contributed by atoms with Gasteiger partial charge in [0.05, 0.1) is 5.56 Å². The van der Waals surface area contributed by atoms with E-state index in [1.165, 1.54) is 18.2 Å². The van der Waals surface area contributed by atoms with Crippen LogP contribution in [-0.4, -0.2) is 21.3 Å². The maximum Gasteiger partial charge on any atom is 0.339 e. The fourth-order valence-electron chi connectivity index (χ4n) is 1.48. The zero-order valence-corrected chi connectivity index (χ0v) is 9.68. The van der Waals surface area contributed by atoms with Crippen molar-refractivity contribution in [2.45, 2.75) is 26.2 Å². The molecule has 1 rings (SSSR count). The monoisotopic (exact) mass is 236 g/mol. The zero-order valence-electron chi connectivity index (χ0n) is 9.68. The minimum Gasteiger partial charge on any atom is -0.508 e. The highest BCUT2D eigenvalue weighted by atomic mass is 16.4. The Hall–Kier alpha value is -1.97. The summed E-state index contributed by atoms with van der Waals surface area (Å²) in [7, 11) is 0. The molecular formula is C13H16O4. The normalized spacial score (nSPS) is 11.5. The van der Waals surface area contributed by atoms with E-state index in [1.54, 1.807) is 6.08 Å². The first-order valence-corrected chi connectivity index (χ1v) is 5.52. The highest BCUT2D eigenvalue weighted by molar-refractivity contribution is 5.92. The number of carboxylic acid groups (broad SMARTS) is 1. The number of aliphatic hydroxyl groups excluding tert-OH is 1. The van der Waals surface area contributed by atoms with Crippen molar-refractivity contribution >= 4 is 11.7 Å². The van der Waals surface area contributed by atoms with Gasteiger partial charge in [-0.2, -0.15) is 0 Å². The number of aromatic hydroxyl groups is 1. The molecule has 0 radical (unpaired) electrons. The maximum atomic E-state index is 10.8. The lowest BCUT2D eigenvalue weighted by atomic mass is 10.1. The summed E-state index contributed by atoms with van der Waals surface area (Å²) in [5, 5.41) is 28.3. The number of para-hydroxylation sites is 1. The van der Waals surface area contributed by atoms with Gasteiger partial charge >= 0.3 is 5.97 Å². The van der Waals surface area contributed by atoms with Gasteiger partial charge in [0.2, 0.25) is 0 Å². The zero-order chi connectivity index (χ0) is 12.8. The summed E-state index contributed by atoms with van der Waals surface area (Å²) in [5.41, 5.74) is -0.0565. The summed E-state index contributed by atoms with van der Waals surface area (Å²) >= 11 is 0. The topological polar surface area (TPSA) is 77.8 Å². The highest BCUT2D eigenvalue weighted by Gasteiger charge is 2.14. The molecule has 0 aliphatic carbocycles. The Morgan fingerprint density at radius 1 is 1.29 bits per heavy atom. The number of aliphatic hydroxyl groups is 1. The number of benzene rings is 1. The van der Waals surface area contributed by atoms with E-state index in [-0.39, 0.29) is 16.9 Å². The van der Waals surface area contributed by atoms with Crippen LogP contribution in [-0.2, 0) is 0 Å². The molecule has 4 nitrogen and oxygen atoms in total. The van der Waals surface area contributed by atoms with Gasteiger partial charge in [0.15, 0.2) is 0 Å². The smallest absolute Gasteiger partial charge is 0.339 e. The lowest BCUT2D eigenvalue weighted by Crippen LogP contribution is -1.98. The SMILES string of the molecule is CCCC/C=C(\O)c1cccc(C(=O)O)c1O. The second-order valence-electron chi connectivity index (χ2n) is 3.74. The fourth-order valence-corrected chi connectivity index (χ4v) is 1.48. The van der Waals surface area contributed by atoms with Gasteiger partial charge in [0, 0.05) is 0 Å². The molecular weight excluding hydrogens is 220 g/mol. The van der Waals surface area contributed by atoms with Gasteiger partial charge in [-0.15, -0.1) is 0 Å². The predicted octanol–water partition coefficient (Wildman–Crippen LogP) is 3.18. The average Bonchev–Trinajstić information content (AvgIpc) is 2.29. The van der Waals surface area contributed by atoms with Crippen LogP contribution in [0.5, 0.6) is 5.75 Å². The Morgan fingerprint density at radius 2 is 1.94 bits per heavy atom. The first-order chi connectivity index (χ1) is 8.07. The quantitative estimate of drug-likeness (QED) is 0.542. The molecule has 0 aliphatic heterocycles. The Bertz CT molecular complexity index is 435. The third-order valence-corrected chi connectivity index (χ3v) is 2.44. The van der Waals surface area contributed by atoms with Crippen LogP contribution in [0.15, 0.2) is 24.3 Å². The summed E-state index contributed by atoms with van der Waals surface area (Å²) in [4.78, 5) is 10.8. The average molecular weight is 236 g/mol. The Kier molecular flexibility index (Phi) is 4.57. The van der Waals surface area contributed by atoms with Crippen LogP contribution in [0.2, 0.25) is 0 Å².